The molecule has 0 aliphatic carbocycles. The van der Waals surface area contributed by atoms with Crippen LogP contribution in [-0.4, -0.2) is 41.7 Å². The first-order valence-corrected chi connectivity index (χ1v) is 13.1. The number of anilines is 2. The number of nitrogens with zero attached hydrogens (tertiary/aromatic N) is 3. The number of non-ortho nitro benzene ring substituents is 1. The second-order valence-electron chi connectivity index (χ2n) is 9.45. The van der Waals surface area contributed by atoms with Crippen LogP contribution in [0.5, 0.6) is 5.75 Å². The van der Waals surface area contributed by atoms with Gasteiger partial charge in [0.05, 0.1) is 29.9 Å². The summed E-state index contributed by atoms with van der Waals surface area (Å²) in [6.07, 6.45) is 3.67. The molecule has 2 fully saturated rings. The van der Waals surface area contributed by atoms with Gasteiger partial charge >= 0.3 is 0 Å². The van der Waals surface area contributed by atoms with Gasteiger partial charge in [-0.2, -0.15) is 0 Å². The van der Waals surface area contributed by atoms with Crippen molar-refractivity contribution in [2.45, 2.75) is 12.1 Å². The molecule has 3 aliphatic rings. The van der Waals surface area contributed by atoms with Crippen molar-refractivity contribution in [3.63, 3.8) is 0 Å². The fourth-order valence-electron chi connectivity index (χ4n) is 5.82. The van der Waals surface area contributed by atoms with Gasteiger partial charge < -0.3 is 9.64 Å². The van der Waals surface area contributed by atoms with Gasteiger partial charge in [-0.1, -0.05) is 57.9 Å². The second kappa shape index (κ2) is 9.32. The Kier molecular flexibility index (Phi) is 6.04. The summed E-state index contributed by atoms with van der Waals surface area (Å²) >= 11 is 9.71. The zero-order valence-electron chi connectivity index (χ0n) is 20.3. The highest BCUT2D eigenvalue weighted by Gasteiger charge is 2.64. The number of carbonyl (C=O) groups is 3. The van der Waals surface area contributed by atoms with Gasteiger partial charge in [-0.3, -0.25) is 24.5 Å². The van der Waals surface area contributed by atoms with Gasteiger partial charge in [0, 0.05) is 32.9 Å². The van der Waals surface area contributed by atoms with Gasteiger partial charge in [0.1, 0.15) is 17.5 Å². The van der Waals surface area contributed by atoms with Crippen LogP contribution >= 0.6 is 27.5 Å². The maximum Gasteiger partial charge on any atom is 0.271 e. The molecule has 0 spiro atoms. The summed E-state index contributed by atoms with van der Waals surface area (Å²) in [5.74, 6) is -3.32. The number of ketones is 1. The third kappa shape index (κ3) is 3.85. The molecule has 3 aromatic carbocycles. The van der Waals surface area contributed by atoms with Crippen LogP contribution < -0.4 is 14.5 Å². The van der Waals surface area contributed by atoms with Crippen molar-refractivity contribution < 1.29 is 24.0 Å². The molecule has 2 amide bonds. The Morgan fingerprint density at radius 3 is 2.41 bits per heavy atom. The summed E-state index contributed by atoms with van der Waals surface area (Å²) in [5, 5.41) is 11.9. The molecule has 0 unspecified atom stereocenters. The number of rotatable bonds is 5. The third-order valence-electron chi connectivity index (χ3n) is 7.48. The van der Waals surface area contributed by atoms with Crippen LogP contribution in [0.3, 0.4) is 0 Å². The molecule has 0 saturated carbocycles. The first-order valence-electron chi connectivity index (χ1n) is 12.0. The summed E-state index contributed by atoms with van der Waals surface area (Å²) in [7, 11) is 1.35. The molecular formula is C28H19BrClN3O6. The quantitative estimate of drug-likeness (QED) is 0.168. The number of amides is 2. The molecule has 11 heteroatoms. The lowest BCUT2D eigenvalue weighted by Crippen LogP contribution is -2.48. The number of nitro benzene ring substituents is 1. The smallest absolute Gasteiger partial charge is 0.271 e. The fourth-order valence-corrected chi connectivity index (χ4v) is 6.25. The highest BCUT2D eigenvalue weighted by Crippen LogP contribution is 2.51. The first-order chi connectivity index (χ1) is 18.7. The molecule has 0 radical (unpaired) electrons. The molecule has 4 atom stereocenters. The SMILES string of the molecule is COc1ccc([N+](=O)[O-])cc1N1C(=O)[C@@H]2[C@@H](C1=O)[C@@H](C(=O)c1ccc(Br)cc1)N1c3cc(Cl)ccc3C=C[C@H]21. The molecular weight excluding hydrogens is 590 g/mol. The molecule has 3 heterocycles. The number of benzene rings is 3. The number of fused-ring (bicyclic) bond motifs is 5. The number of carbonyl (C=O) groups excluding carboxylic acids is 3. The van der Waals surface area contributed by atoms with Crippen LogP contribution in [0.25, 0.3) is 6.08 Å². The summed E-state index contributed by atoms with van der Waals surface area (Å²) in [6, 6.07) is 14.2. The van der Waals surface area contributed by atoms with Gasteiger partial charge in [-0.15, -0.1) is 0 Å². The highest BCUT2D eigenvalue weighted by atomic mass is 79.9. The molecule has 0 N–H and O–H groups in total. The lowest BCUT2D eigenvalue weighted by atomic mass is 9.86. The Morgan fingerprint density at radius 2 is 1.72 bits per heavy atom. The lowest BCUT2D eigenvalue weighted by molar-refractivity contribution is -0.384. The number of methoxy groups -OCH3 is 1. The number of halogens is 2. The average molecular weight is 609 g/mol. The van der Waals surface area contributed by atoms with E-state index in [1.54, 1.807) is 36.4 Å². The van der Waals surface area contributed by atoms with Crippen molar-refractivity contribution in [1.82, 2.24) is 0 Å². The van der Waals surface area contributed by atoms with Crippen LogP contribution in [-0.2, 0) is 9.59 Å². The number of nitro groups is 1. The number of ether oxygens (including phenoxy) is 1. The van der Waals surface area contributed by atoms with E-state index in [0.717, 1.165) is 21.0 Å². The molecule has 9 nitrogen and oxygen atoms in total. The van der Waals surface area contributed by atoms with Crippen molar-refractivity contribution in [1.29, 1.82) is 0 Å². The van der Waals surface area contributed by atoms with Crippen LogP contribution in [0.4, 0.5) is 17.1 Å². The van der Waals surface area contributed by atoms with Crippen molar-refractivity contribution in [3.05, 3.63) is 97.5 Å². The first kappa shape index (κ1) is 25.3. The molecule has 39 heavy (non-hydrogen) atoms. The second-order valence-corrected chi connectivity index (χ2v) is 10.8. The summed E-state index contributed by atoms with van der Waals surface area (Å²) in [4.78, 5) is 55.8. The normalized spacial score (nSPS) is 22.9. The predicted molar refractivity (Wildman–Crippen MR) is 148 cm³/mol. The Morgan fingerprint density at radius 1 is 1.00 bits per heavy atom. The van der Waals surface area contributed by atoms with Crippen molar-refractivity contribution in [3.8, 4) is 5.75 Å². The van der Waals surface area contributed by atoms with E-state index in [1.165, 1.54) is 19.2 Å². The van der Waals surface area contributed by atoms with Crippen LogP contribution in [0, 0.1) is 22.0 Å². The van der Waals surface area contributed by atoms with Crippen LogP contribution in [0.1, 0.15) is 15.9 Å². The Hall–Kier alpha value is -4.02. The maximum absolute atomic E-state index is 14.1. The minimum atomic E-state index is -1.04. The molecule has 2 saturated heterocycles. The van der Waals surface area contributed by atoms with E-state index in [0.29, 0.717) is 16.3 Å². The third-order valence-corrected chi connectivity index (χ3v) is 8.25. The molecule has 6 rings (SSSR count). The van der Waals surface area contributed by atoms with Crippen LogP contribution in [0.15, 0.2) is 71.2 Å². The summed E-state index contributed by atoms with van der Waals surface area (Å²) < 4.78 is 6.14. The van der Waals surface area contributed by atoms with Gasteiger partial charge in [0.2, 0.25) is 11.8 Å². The van der Waals surface area contributed by atoms with E-state index in [-0.39, 0.29) is 22.9 Å². The number of Topliss-reactive ketones (excluding diaryl/α,β-unsaturated/α-hetero) is 1. The highest BCUT2D eigenvalue weighted by molar-refractivity contribution is 9.10. The van der Waals surface area contributed by atoms with Gasteiger partial charge in [-0.25, -0.2) is 4.90 Å². The summed E-state index contributed by atoms with van der Waals surface area (Å²) in [6.45, 7) is 0. The zero-order chi connectivity index (χ0) is 27.6. The van der Waals surface area contributed by atoms with E-state index >= 15 is 0 Å². The molecule has 196 valence electrons. The Balaban J connectivity index is 1.51. The summed E-state index contributed by atoms with van der Waals surface area (Å²) in [5.41, 5.74) is 1.52. The lowest BCUT2D eigenvalue weighted by Gasteiger charge is -2.36. The van der Waals surface area contributed by atoms with E-state index in [1.807, 2.05) is 23.1 Å². The molecule has 3 aromatic rings. The minimum Gasteiger partial charge on any atom is -0.495 e. The molecule has 0 aromatic heterocycles. The minimum absolute atomic E-state index is 0.0271. The zero-order valence-corrected chi connectivity index (χ0v) is 22.6. The number of hydrogen-bond donors (Lipinski definition) is 0. The Bertz CT molecular complexity index is 1610. The van der Waals surface area contributed by atoms with E-state index in [9.17, 15) is 24.5 Å². The topological polar surface area (TPSA) is 110 Å². The van der Waals surface area contributed by atoms with E-state index in [4.69, 9.17) is 16.3 Å². The standard InChI is InChI=1S/C28H19BrClN3O6/c1-39-22-11-9-18(33(37)38)13-21(22)32-27(35)23-19-10-5-14-4-8-17(30)12-20(14)31(19)25(24(23)28(32)36)26(34)15-2-6-16(29)7-3-15/h2-13,19,23-25H,1H3/t19-,23+,24-,25+/m1/s1. The van der Waals surface area contributed by atoms with Crippen molar-refractivity contribution in [2.75, 3.05) is 16.9 Å². The van der Waals surface area contributed by atoms with Gasteiger partial charge in [0.25, 0.3) is 5.69 Å². The van der Waals surface area contributed by atoms with Crippen molar-refractivity contribution >= 4 is 68.3 Å². The molecule has 0 bridgehead atoms. The van der Waals surface area contributed by atoms with Crippen LogP contribution in [0.2, 0.25) is 5.02 Å². The van der Waals surface area contributed by atoms with Gasteiger partial charge in [0.15, 0.2) is 5.78 Å². The fraction of sp³-hybridized carbons (Fsp3) is 0.179. The average Bonchev–Trinajstić information content (AvgIpc) is 3.40. The van der Waals surface area contributed by atoms with Crippen molar-refractivity contribution in [2.24, 2.45) is 11.8 Å². The van der Waals surface area contributed by atoms with E-state index in [2.05, 4.69) is 15.9 Å². The Labute approximate surface area is 235 Å². The predicted octanol–water partition coefficient (Wildman–Crippen LogP) is 5.29. The number of imide groups is 1. The van der Waals surface area contributed by atoms with Gasteiger partial charge in [-0.05, 0) is 35.9 Å². The molecule has 3 aliphatic heterocycles. The monoisotopic (exact) mass is 607 g/mol. The number of hydrogen-bond acceptors (Lipinski definition) is 7. The maximum atomic E-state index is 14.1. The van der Waals surface area contributed by atoms with E-state index < -0.39 is 40.7 Å². The largest absolute Gasteiger partial charge is 0.495 e.